The Morgan fingerprint density at radius 3 is 2.84 bits per heavy atom. The van der Waals surface area contributed by atoms with Crippen molar-refractivity contribution in [2.24, 2.45) is 0 Å². The lowest BCUT2D eigenvalue weighted by Crippen LogP contribution is -2.12. The summed E-state index contributed by atoms with van der Waals surface area (Å²) in [5.74, 6) is -0.0227. The van der Waals surface area contributed by atoms with Crippen LogP contribution in [0.5, 0.6) is 0 Å². The smallest absolute Gasteiger partial charge is 0.224 e. The van der Waals surface area contributed by atoms with Crippen molar-refractivity contribution in [2.45, 2.75) is 19.8 Å². The Bertz CT molecular complexity index is 584. The van der Waals surface area contributed by atoms with Gasteiger partial charge in [0.15, 0.2) is 0 Å². The number of halogens is 1. The van der Waals surface area contributed by atoms with E-state index in [9.17, 15) is 4.79 Å². The van der Waals surface area contributed by atoms with Crippen molar-refractivity contribution in [3.63, 3.8) is 0 Å². The fourth-order valence-corrected chi connectivity index (χ4v) is 2.02. The van der Waals surface area contributed by atoms with E-state index in [1.165, 1.54) is 11.1 Å². The number of hydrogen-bond donors (Lipinski definition) is 1. The molecule has 0 aliphatic carbocycles. The van der Waals surface area contributed by atoms with E-state index in [2.05, 4.69) is 23.3 Å². The Hall–Kier alpha value is -1.87. The number of anilines is 1. The molecule has 0 radical (unpaired) electrons. The summed E-state index contributed by atoms with van der Waals surface area (Å²) in [7, 11) is 0. The van der Waals surface area contributed by atoms with E-state index in [-0.39, 0.29) is 5.91 Å². The first-order valence-corrected chi connectivity index (χ1v) is 6.49. The van der Waals surface area contributed by atoms with Crippen LogP contribution >= 0.6 is 11.6 Å². The summed E-state index contributed by atoms with van der Waals surface area (Å²) >= 11 is 5.76. The predicted octanol–water partition coefficient (Wildman–Crippen LogP) is 3.61. The van der Waals surface area contributed by atoms with Gasteiger partial charge in [-0.05, 0) is 36.6 Å². The van der Waals surface area contributed by atoms with Crippen molar-refractivity contribution in [1.82, 2.24) is 4.98 Å². The van der Waals surface area contributed by atoms with Gasteiger partial charge in [0.05, 0.1) is 0 Å². The Labute approximate surface area is 117 Å². The number of hydrogen-bond acceptors (Lipinski definition) is 2. The molecule has 0 saturated carbocycles. The molecule has 0 aliphatic heterocycles. The molecule has 0 fully saturated rings. The normalized spacial score (nSPS) is 10.2. The highest BCUT2D eigenvalue weighted by Gasteiger charge is 2.05. The second kappa shape index (κ2) is 6.34. The van der Waals surface area contributed by atoms with Gasteiger partial charge in [-0.1, -0.05) is 35.9 Å². The standard InChI is InChI=1S/C15H15ClN2O/c1-11-4-2-3-5-12(11)6-7-15(19)18-13-8-9-17-14(16)10-13/h2-5,8-10H,6-7H2,1H3,(H,17,18,19). The average molecular weight is 275 g/mol. The average Bonchev–Trinajstić information content (AvgIpc) is 2.38. The molecule has 0 aliphatic rings. The van der Waals surface area contributed by atoms with Gasteiger partial charge in [0, 0.05) is 18.3 Å². The minimum atomic E-state index is -0.0227. The minimum Gasteiger partial charge on any atom is -0.326 e. The van der Waals surface area contributed by atoms with E-state index < -0.39 is 0 Å². The zero-order valence-electron chi connectivity index (χ0n) is 10.7. The van der Waals surface area contributed by atoms with Gasteiger partial charge in [-0.15, -0.1) is 0 Å². The molecule has 0 atom stereocenters. The van der Waals surface area contributed by atoms with Gasteiger partial charge in [-0.3, -0.25) is 4.79 Å². The monoisotopic (exact) mass is 274 g/mol. The lowest BCUT2D eigenvalue weighted by molar-refractivity contribution is -0.116. The van der Waals surface area contributed by atoms with E-state index in [0.29, 0.717) is 17.3 Å². The summed E-state index contributed by atoms with van der Waals surface area (Å²) in [6.45, 7) is 2.05. The molecule has 19 heavy (non-hydrogen) atoms. The molecule has 0 bridgehead atoms. The summed E-state index contributed by atoms with van der Waals surface area (Å²) < 4.78 is 0. The van der Waals surface area contributed by atoms with Crippen molar-refractivity contribution >= 4 is 23.2 Å². The van der Waals surface area contributed by atoms with Gasteiger partial charge in [0.1, 0.15) is 5.15 Å². The Morgan fingerprint density at radius 2 is 2.11 bits per heavy atom. The third-order valence-corrected chi connectivity index (χ3v) is 3.10. The van der Waals surface area contributed by atoms with E-state index in [4.69, 9.17) is 11.6 Å². The van der Waals surface area contributed by atoms with Gasteiger partial charge >= 0.3 is 0 Å². The lowest BCUT2D eigenvalue weighted by Gasteiger charge is -2.07. The van der Waals surface area contributed by atoms with Crippen LogP contribution in [-0.4, -0.2) is 10.9 Å². The number of carbonyl (C=O) groups excluding carboxylic acids is 1. The number of carbonyl (C=O) groups is 1. The first-order chi connectivity index (χ1) is 9.15. The van der Waals surface area contributed by atoms with E-state index in [1.807, 2.05) is 18.2 Å². The molecular weight excluding hydrogens is 260 g/mol. The van der Waals surface area contributed by atoms with E-state index in [0.717, 1.165) is 6.42 Å². The summed E-state index contributed by atoms with van der Waals surface area (Å²) in [6, 6.07) is 11.4. The molecule has 2 aromatic rings. The lowest BCUT2D eigenvalue weighted by atomic mass is 10.0. The number of nitrogens with zero attached hydrogens (tertiary/aromatic N) is 1. The fraction of sp³-hybridized carbons (Fsp3) is 0.200. The summed E-state index contributed by atoms with van der Waals surface area (Å²) in [4.78, 5) is 15.7. The Kier molecular flexibility index (Phi) is 4.53. The first-order valence-electron chi connectivity index (χ1n) is 6.11. The molecule has 1 aromatic heterocycles. The SMILES string of the molecule is Cc1ccccc1CCC(=O)Nc1ccnc(Cl)c1. The number of aryl methyl sites for hydroxylation is 2. The number of pyridine rings is 1. The first kappa shape index (κ1) is 13.6. The van der Waals surface area contributed by atoms with Crippen LogP contribution in [0.4, 0.5) is 5.69 Å². The van der Waals surface area contributed by atoms with Gasteiger partial charge in [-0.2, -0.15) is 0 Å². The molecular formula is C15H15ClN2O. The van der Waals surface area contributed by atoms with Crippen LogP contribution in [0.25, 0.3) is 0 Å². The number of rotatable bonds is 4. The molecule has 1 N–H and O–H groups in total. The number of benzene rings is 1. The Balaban J connectivity index is 1.90. The quantitative estimate of drug-likeness (QED) is 0.866. The van der Waals surface area contributed by atoms with Crippen molar-refractivity contribution in [1.29, 1.82) is 0 Å². The number of aromatic nitrogens is 1. The highest BCUT2D eigenvalue weighted by molar-refractivity contribution is 6.29. The molecule has 0 spiro atoms. The van der Waals surface area contributed by atoms with Gasteiger partial charge in [0.25, 0.3) is 0 Å². The van der Waals surface area contributed by atoms with Crippen LogP contribution in [0.1, 0.15) is 17.5 Å². The number of amides is 1. The van der Waals surface area contributed by atoms with Crippen LogP contribution in [0.2, 0.25) is 5.15 Å². The third-order valence-electron chi connectivity index (χ3n) is 2.89. The molecule has 3 nitrogen and oxygen atoms in total. The fourth-order valence-electron chi connectivity index (χ4n) is 1.84. The highest BCUT2D eigenvalue weighted by Crippen LogP contribution is 2.13. The summed E-state index contributed by atoms with van der Waals surface area (Å²) in [6.07, 6.45) is 2.75. The van der Waals surface area contributed by atoms with Crippen molar-refractivity contribution < 1.29 is 4.79 Å². The largest absolute Gasteiger partial charge is 0.326 e. The molecule has 4 heteroatoms. The van der Waals surface area contributed by atoms with Crippen molar-refractivity contribution in [3.8, 4) is 0 Å². The molecule has 0 saturated heterocycles. The maximum absolute atomic E-state index is 11.8. The minimum absolute atomic E-state index is 0.0227. The van der Waals surface area contributed by atoms with Crippen LogP contribution in [0.15, 0.2) is 42.6 Å². The van der Waals surface area contributed by atoms with Gasteiger partial charge < -0.3 is 5.32 Å². The molecule has 0 unspecified atom stereocenters. The maximum Gasteiger partial charge on any atom is 0.224 e. The second-order valence-electron chi connectivity index (χ2n) is 4.34. The van der Waals surface area contributed by atoms with Crippen molar-refractivity contribution in [2.75, 3.05) is 5.32 Å². The van der Waals surface area contributed by atoms with Crippen molar-refractivity contribution in [3.05, 3.63) is 58.9 Å². The predicted molar refractivity (Wildman–Crippen MR) is 77.4 cm³/mol. The molecule has 2 rings (SSSR count). The van der Waals surface area contributed by atoms with Crippen LogP contribution < -0.4 is 5.32 Å². The van der Waals surface area contributed by atoms with Crippen LogP contribution in [0, 0.1) is 6.92 Å². The van der Waals surface area contributed by atoms with Gasteiger partial charge in [-0.25, -0.2) is 4.98 Å². The van der Waals surface area contributed by atoms with Gasteiger partial charge in [0.2, 0.25) is 5.91 Å². The summed E-state index contributed by atoms with van der Waals surface area (Å²) in [5, 5.41) is 3.18. The highest BCUT2D eigenvalue weighted by atomic mass is 35.5. The molecule has 98 valence electrons. The summed E-state index contributed by atoms with van der Waals surface area (Å²) in [5.41, 5.74) is 3.09. The zero-order valence-corrected chi connectivity index (χ0v) is 11.4. The zero-order chi connectivity index (χ0) is 13.7. The maximum atomic E-state index is 11.8. The van der Waals surface area contributed by atoms with E-state index >= 15 is 0 Å². The molecule has 1 heterocycles. The molecule has 1 aromatic carbocycles. The second-order valence-corrected chi connectivity index (χ2v) is 4.73. The number of nitrogens with one attached hydrogen (secondary N) is 1. The molecule has 1 amide bonds. The third kappa shape index (κ3) is 4.07. The topological polar surface area (TPSA) is 42.0 Å². The van der Waals surface area contributed by atoms with Crippen LogP contribution in [-0.2, 0) is 11.2 Å². The Morgan fingerprint density at radius 1 is 1.32 bits per heavy atom. The van der Waals surface area contributed by atoms with E-state index in [1.54, 1.807) is 18.3 Å². The van der Waals surface area contributed by atoms with Crippen LogP contribution in [0.3, 0.4) is 0 Å².